The number of fused-ring (bicyclic) bond motifs is 1. The second-order valence-corrected chi connectivity index (χ2v) is 7.74. The molecule has 0 spiro atoms. The van der Waals surface area contributed by atoms with E-state index in [-0.39, 0.29) is 17.8 Å². The molecule has 0 bridgehead atoms. The monoisotopic (exact) mass is 414 g/mol. The first-order chi connectivity index (χ1) is 14.0. The van der Waals surface area contributed by atoms with Gasteiger partial charge in [-0.3, -0.25) is 9.69 Å². The Bertz CT molecular complexity index is 1040. The normalized spacial score (nSPS) is 16.1. The minimum absolute atomic E-state index is 0.0722. The van der Waals surface area contributed by atoms with E-state index in [0.717, 1.165) is 12.8 Å². The molecular formula is C21H19FN2O4S. The SMILES string of the molecule is COC(=O)c1ccc(C(=O)N(CC2CCCO2)c2nc3ccc(F)cc3s2)cc1. The number of nitrogens with zero attached hydrogens (tertiary/aromatic N) is 2. The first-order valence-corrected chi connectivity index (χ1v) is 10.0. The highest BCUT2D eigenvalue weighted by atomic mass is 32.1. The van der Waals surface area contributed by atoms with Crippen LogP contribution >= 0.6 is 11.3 Å². The molecule has 1 aliphatic rings. The van der Waals surface area contributed by atoms with Crippen LogP contribution in [-0.2, 0) is 9.47 Å². The van der Waals surface area contributed by atoms with Gasteiger partial charge in [0.15, 0.2) is 5.13 Å². The molecule has 1 aromatic heterocycles. The highest BCUT2D eigenvalue weighted by Crippen LogP contribution is 2.31. The molecule has 1 atom stereocenters. The molecular weight excluding hydrogens is 395 g/mol. The Morgan fingerprint density at radius 1 is 1.24 bits per heavy atom. The lowest BCUT2D eigenvalue weighted by atomic mass is 10.1. The Morgan fingerprint density at radius 2 is 2.00 bits per heavy atom. The highest BCUT2D eigenvalue weighted by molar-refractivity contribution is 7.22. The van der Waals surface area contributed by atoms with Crippen LogP contribution < -0.4 is 4.90 Å². The quantitative estimate of drug-likeness (QED) is 0.589. The number of hydrogen-bond donors (Lipinski definition) is 0. The maximum Gasteiger partial charge on any atom is 0.337 e. The van der Waals surface area contributed by atoms with Crippen LogP contribution in [0.25, 0.3) is 10.2 Å². The van der Waals surface area contributed by atoms with Crippen LogP contribution in [-0.4, -0.2) is 43.2 Å². The molecule has 150 valence electrons. The molecule has 2 aromatic carbocycles. The number of amides is 1. The maximum absolute atomic E-state index is 13.6. The van der Waals surface area contributed by atoms with Crippen molar-refractivity contribution in [2.45, 2.75) is 18.9 Å². The van der Waals surface area contributed by atoms with Gasteiger partial charge in [-0.25, -0.2) is 14.2 Å². The molecule has 0 radical (unpaired) electrons. The van der Waals surface area contributed by atoms with Gasteiger partial charge in [0.1, 0.15) is 5.82 Å². The Morgan fingerprint density at radius 3 is 2.69 bits per heavy atom. The van der Waals surface area contributed by atoms with Crippen LogP contribution in [0.15, 0.2) is 42.5 Å². The summed E-state index contributed by atoms with van der Waals surface area (Å²) in [5.41, 5.74) is 1.42. The van der Waals surface area contributed by atoms with E-state index in [4.69, 9.17) is 9.47 Å². The number of ether oxygens (including phenoxy) is 2. The van der Waals surface area contributed by atoms with Gasteiger partial charge in [-0.1, -0.05) is 11.3 Å². The lowest BCUT2D eigenvalue weighted by Gasteiger charge is -2.23. The van der Waals surface area contributed by atoms with Gasteiger partial charge in [0.25, 0.3) is 5.91 Å². The van der Waals surface area contributed by atoms with E-state index in [1.807, 2.05) is 0 Å². The minimum Gasteiger partial charge on any atom is -0.465 e. The van der Waals surface area contributed by atoms with Crippen LogP contribution in [0.1, 0.15) is 33.6 Å². The number of benzene rings is 2. The summed E-state index contributed by atoms with van der Waals surface area (Å²) in [4.78, 5) is 31.0. The van der Waals surface area contributed by atoms with Crippen molar-refractivity contribution in [2.75, 3.05) is 25.2 Å². The van der Waals surface area contributed by atoms with E-state index < -0.39 is 5.97 Å². The van der Waals surface area contributed by atoms with Gasteiger partial charge in [-0.2, -0.15) is 0 Å². The number of hydrogen-bond acceptors (Lipinski definition) is 6. The van der Waals surface area contributed by atoms with Crippen molar-refractivity contribution >= 4 is 38.6 Å². The van der Waals surface area contributed by atoms with Crippen LogP contribution in [0.3, 0.4) is 0 Å². The Hall–Kier alpha value is -2.84. The van der Waals surface area contributed by atoms with Gasteiger partial charge in [0.05, 0.1) is 35.5 Å². The van der Waals surface area contributed by atoms with E-state index in [1.54, 1.807) is 35.2 Å². The first kappa shape index (κ1) is 19.5. The summed E-state index contributed by atoms with van der Waals surface area (Å²) in [5, 5.41) is 0.489. The summed E-state index contributed by atoms with van der Waals surface area (Å²) in [6, 6.07) is 10.6. The zero-order chi connectivity index (χ0) is 20.4. The first-order valence-electron chi connectivity index (χ1n) is 9.23. The Kier molecular flexibility index (Phi) is 5.55. The second-order valence-electron chi connectivity index (χ2n) is 6.73. The molecule has 0 N–H and O–H groups in total. The van der Waals surface area contributed by atoms with E-state index in [0.29, 0.717) is 39.6 Å². The van der Waals surface area contributed by atoms with E-state index in [2.05, 4.69) is 4.98 Å². The van der Waals surface area contributed by atoms with Crippen molar-refractivity contribution < 1.29 is 23.5 Å². The number of thiazole rings is 1. The standard InChI is InChI=1S/C21H19FN2O4S/c1-27-20(26)14-6-4-13(5-7-14)19(25)24(12-16-3-2-10-28-16)21-23-17-9-8-15(22)11-18(17)29-21/h4-9,11,16H,2-3,10,12H2,1H3. The van der Waals surface area contributed by atoms with Crippen molar-refractivity contribution in [3.05, 3.63) is 59.4 Å². The zero-order valence-electron chi connectivity index (χ0n) is 15.8. The molecule has 1 saturated heterocycles. The lowest BCUT2D eigenvalue weighted by molar-refractivity contribution is 0.0600. The van der Waals surface area contributed by atoms with E-state index >= 15 is 0 Å². The third kappa shape index (κ3) is 4.13. The average Bonchev–Trinajstić information content (AvgIpc) is 3.40. The summed E-state index contributed by atoms with van der Waals surface area (Å²) in [5.74, 6) is -1.06. The molecule has 3 aromatic rings. The lowest BCUT2D eigenvalue weighted by Crippen LogP contribution is -2.37. The van der Waals surface area contributed by atoms with Crippen molar-refractivity contribution in [3.8, 4) is 0 Å². The summed E-state index contributed by atoms with van der Waals surface area (Å²) in [6.07, 6.45) is 1.74. The second kappa shape index (κ2) is 8.26. The molecule has 6 nitrogen and oxygen atoms in total. The molecule has 1 unspecified atom stereocenters. The molecule has 0 saturated carbocycles. The van der Waals surface area contributed by atoms with Crippen LogP contribution in [0.4, 0.5) is 9.52 Å². The van der Waals surface area contributed by atoms with Gasteiger partial charge in [0.2, 0.25) is 0 Å². The summed E-state index contributed by atoms with van der Waals surface area (Å²) < 4.78 is 24.6. The number of carbonyl (C=O) groups is 2. The number of halogens is 1. The highest BCUT2D eigenvalue weighted by Gasteiger charge is 2.27. The summed E-state index contributed by atoms with van der Waals surface area (Å²) >= 11 is 1.26. The van der Waals surface area contributed by atoms with Gasteiger partial charge in [-0.15, -0.1) is 0 Å². The van der Waals surface area contributed by atoms with Crippen molar-refractivity contribution in [1.82, 2.24) is 4.98 Å². The molecule has 29 heavy (non-hydrogen) atoms. The van der Waals surface area contributed by atoms with Crippen LogP contribution in [0.2, 0.25) is 0 Å². The zero-order valence-corrected chi connectivity index (χ0v) is 16.6. The molecule has 1 aliphatic heterocycles. The fourth-order valence-corrected chi connectivity index (χ4v) is 4.26. The van der Waals surface area contributed by atoms with Crippen LogP contribution in [0.5, 0.6) is 0 Å². The third-order valence-electron chi connectivity index (χ3n) is 4.78. The topological polar surface area (TPSA) is 68.7 Å². The van der Waals surface area contributed by atoms with Gasteiger partial charge < -0.3 is 9.47 Å². The van der Waals surface area contributed by atoms with E-state index in [1.165, 1.54) is 30.6 Å². The van der Waals surface area contributed by atoms with Crippen molar-refractivity contribution in [1.29, 1.82) is 0 Å². The molecule has 0 aliphatic carbocycles. The fraction of sp³-hybridized carbons (Fsp3) is 0.286. The summed E-state index contributed by atoms with van der Waals surface area (Å²) in [6.45, 7) is 1.03. The Balaban J connectivity index is 1.67. The number of aromatic nitrogens is 1. The number of carbonyl (C=O) groups excluding carboxylic acids is 2. The maximum atomic E-state index is 13.6. The van der Waals surface area contributed by atoms with E-state index in [9.17, 15) is 14.0 Å². The minimum atomic E-state index is -0.464. The molecule has 1 fully saturated rings. The Labute approximate surface area is 170 Å². The summed E-state index contributed by atoms with van der Waals surface area (Å²) in [7, 11) is 1.31. The predicted octanol–water partition coefficient (Wildman–Crippen LogP) is 4.05. The largest absolute Gasteiger partial charge is 0.465 e. The predicted molar refractivity (Wildman–Crippen MR) is 108 cm³/mol. The third-order valence-corrected chi connectivity index (χ3v) is 5.82. The van der Waals surface area contributed by atoms with Gasteiger partial charge >= 0.3 is 5.97 Å². The fourth-order valence-electron chi connectivity index (χ4n) is 3.26. The van der Waals surface area contributed by atoms with Crippen molar-refractivity contribution in [3.63, 3.8) is 0 Å². The molecule has 4 rings (SSSR count). The molecule has 1 amide bonds. The van der Waals surface area contributed by atoms with Gasteiger partial charge in [0, 0.05) is 12.2 Å². The van der Waals surface area contributed by atoms with Crippen molar-refractivity contribution in [2.24, 2.45) is 0 Å². The molecule has 2 heterocycles. The molecule has 8 heteroatoms. The van der Waals surface area contributed by atoms with Crippen LogP contribution in [0, 0.1) is 5.82 Å². The number of methoxy groups -OCH3 is 1. The number of anilines is 1. The number of esters is 1. The number of rotatable bonds is 5. The van der Waals surface area contributed by atoms with Gasteiger partial charge in [-0.05, 0) is 55.3 Å². The smallest absolute Gasteiger partial charge is 0.337 e. The average molecular weight is 414 g/mol.